The summed E-state index contributed by atoms with van der Waals surface area (Å²) in [7, 11) is 2.99. The quantitative estimate of drug-likeness (QED) is 0.694. The number of carbonyl (C=O) groups excluding carboxylic acids is 1. The second kappa shape index (κ2) is 8.48. The lowest BCUT2D eigenvalue weighted by Gasteiger charge is -2.18. The number of hydrogen-bond acceptors (Lipinski definition) is 6. The summed E-state index contributed by atoms with van der Waals surface area (Å²) in [5.41, 5.74) is 0.588. The number of carboxylic acids is 1. The second-order valence-corrected chi connectivity index (χ2v) is 5.87. The van der Waals surface area contributed by atoms with E-state index in [4.69, 9.17) is 19.0 Å². The van der Waals surface area contributed by atoms with E-state index in [0.29, 0.717) is 22.2 Å². The molecule has 0 saturated carbocycles. The number of carboxylic acid groups (broad SMARTS) is 1. The molecule has 0 spiro atoms. The monoisotopic (exact) mass is 365 g/mol. The molecule has 8 heteroatoms. The zero-order valence-electron chi connectivity index (χ0n) is 14.1. The molecule has 25 heavy (non-hydrogen) atoms. The van der Waals surface area contributed by atoms with Crippen LogP contribution < -0.4 is 14.8 Å². The molecule has 2 N–H and O–H groups in total. The van der Waals surface area contributed by atoms with Gasteiger partial charge in [0.2, 0.25) is 0 Å². The maximum Gasteiger partial charge on any atom is 0.305 e. The first-order valence-corrected chi connectivity index (χ1v) is 8.59. The molecule has 1 aromatic heterocycles. The Bertz CT molecular complexity index is 757. The zero-order chi connectivity index (χ0) is 18.4. The average Bonchev–Trinajstić information content (AvgIpc) is 3.09. The van der Waals surface area contributed by atoms with Crippen molar-refractivity contribution in [3.63, 3.8) is 0 Å². The molecular weight excluding hydrogens is 346 g/mol. The molecule has 0 aliphatic rings. The Balaban J connectivity index is 2.26. The minimum Gasteiger partial charge on any atom is -0.493 e. The normalized spacial score (nSPS) is 11.6. The molecule has 1 unspecified atom stereocenters. The van der Waals surface area contributed by atoms with Crippen molar-refractivity contribution in [1.82, 2.24) is 5.32 Å². The van der Waals surface area contributed by atoms with Gasteiger partial charge in [0.05, 0.1) is 26.7 Å². The lowest BCUT2D eigenvalue weighted by Crippen LogP contribution is -2.30. The smallest absolute Gasteiger partial charge is 0.305 e. The molecule has 2 aromatic rings. The zero-order valence-corrected chi connectivity index (χ0v) is 14.9. The number of aliphatic carboxylic acids is 1. The summed E-state index contributed by atoms with van der Waals surface area (Å²) in [6.45, 7) is 0. The molecule has 0 bridgehead atoms. The highest BCUT2D eigenvalue weighted by atomic mass is 32.2. The number of amides is 1. The van der Waals surface area contributed by atoms with Gasteiger partial charge in [-0.15, -0.1) is 0 Å². The first kappa shape index (κ1) is 18.7. The van der Waals surface area contributed by atoms with Crippen LogP contribution in [0.3, 0.4) is 0 Å². The maximum atomic E-state index is 12.4. The van der Waals surface area contributed by atoms with Crippen molar-refractivity contribution in [3.05, 3.63) is 41.7 Å². The van der Waals surface area contributed by atoms with Gasteiger partial charge in [-0.2, -0.15) is 0 Å². The summed E-state index contributed by atoms with van der Waals surface area (Å²) in [6, 6.07) is 7.48. The van der Waals surface area contributed by atoms with Crippen LogP contribution in [0.25, 0.3) is 0 Å². The topological polar surface area (TPSA) is 98.0 Å². The number of rotatable bonds is 8. The molecule has 7 nitrogen and oxygen atoms in total. The standard InChI is InChI=1S/C17H19NO6S/c1-22-12-5-4-10(8-14(12)23-2)11(9-15(19)20)18-17(21)13-6-7-16(24-13)25-3/h4-8,11H,9H2,1-3H3,(H,18,21)(H,19,20). The highest BCUT2D eigenvalue weighted by molar-refractivity contribution is 7.98. The van der Waals surface area contributed by atoms with E-state index in [-0.39, 0.29) is 12.2 Å². The lowest BCUT2D eigenvalue weighted by atomic mass is 10.0. The molecule has 0 aliphatic carbocycles. The summed E-state index contributed by atoms with van der Waals surface area (Å²) in [5, 5.41) is 12.5. The van der Waals surface area contributed by atoms with Crippen molar-refractivity contribution < 1.29 is 28.6 Å². The number of methoxy groups -OCH3 is 2. The molecule has 0 radical (unpaired) electrons. The third-order valence-electron chi connectivity index (χ3n) is 3.50. The van der Waals surface area contributed by atoms with E-state index in [1.165, 1.54) is 26.0 Å². The Kier molecular flexibility index (Phi) is 6.35. The fraction of sp³-hybridized carbons (Fsp3) is 0.294. The van der Waals surface area contributed by atoms with E-state index in [1.807, 2.05) is 6.26 Å². The van der Waals surface area contributed by atoms with Crippen LogP contribution in [0.15, 0.2) is 39.8 Å². The lowest BCUT2D eigenvalue weighted by molar-refractivity contribution is -0.137. The van der Waals surface area contributed by atoms with Crippen molar-refractivity contribution in [2.45, 2.75) is 17.6 Å². The van der Waals surface area contributed by atoms with Crippen LogP contribution in [-0.2, 0) is 4.79 Å². The van der Waals surface area contributed by atoms with Crippen LogP contribution in [0, 0.1) is 0 Å². The summed E-state index contributed by atoms with van der Waals surface area (Å²) in [6.07, 6.45) is 1.55. The van der Waals surface area contributed by atoms with Gasteiger partial charge in [-0.05, 0) is 36.1 Å². The number of furan rings is 1. The van der Waals surface area contributed by atoms with Crippen LogP contribution in [0.5, 0.6) is 11.5 Å². The highest BCUT2D eigenvalue weighted by Gasteiger charge is 2.22. The minimum absolute atomic E-state index is 0.125. The average molecular weight is 365 g/mol. The summed E-state index contributed by atoms with van der Waals surface area (Å²) < 4.78 is 15.8. The Hall–Kier alpha value is -2.61. The maximum absolute atomic E-state index is 12.4. The molecule has 0 aliphatic heterocycles. The SMILES string of the molecule is COc1ccc(C(CC(=O)O)NC(=O)c2ccc(SC)o2)cc1OC. The van der Waals surface area contributed by atoms with Crippen LogP contribution in [0.1, 0.15) is 28.6 Å². The Labute approximate surface area is 149 Å². The van der Waals surface area contributed by atoms with Gasteiger partial charge >= 0.3 is 5.97 Å². The third-order valence-corrected chi connectivity index (χ3v) is 4.12. The van der Waals surface area contributed by atoms with Crippen molar-refractivity contribution in [2.24, 2.45) is 0 Å². The number of carbonyl (C=O) groups is 2. The van der Waals surface area contributed by atoms with Gasteiger partial charge in [0.15, 0.2) is 22.4 Å². The van der Waals surface area contributed by atoms with Crippen LogP contribution >= 0.6 is 11.8 Å². The van der Waals surface area contributed by atoms with Crippen molar-refractivity contribution in [3.8, 4) is 11.5 Å². The van der Waals surface area contributed by atoms with Gasteiger partial charge in [-0.1, -0.05) is 17.8 Å². The first-order chi connectivity index (χ1) is 12.0. The summed E-state index contributed by atoms with van der Waals surface area (Å²) >= 11 is 1.37. The van der Waals surface area contributed by atoms with Crippen LogP contribution in [-0.4, -0.2) is 37.5 Å². The first-order valence-electron chi connectivity index (χ1n) is 7.37. The van der Waals surface area contributed by atoms with Crippen LogP contribution in [0.2, 0.25) is 0 Å². The molecule has 0 fully saturated rings. The Morgan fingerprint density at radius 3 is 2.48 bits per heavy atom. The van der Waals surface area contributed by atoms with E-state index in [9.17, 15) is 9.59 Å². The Morgan fingerprint density at radius 1 is 1.20 bits per heavy atom. The molecule has 1 amide bonds. The van der Waals surface area contributed by atoms with E-state index in [0.717, 1.165) is 0 Å². The van der Waals surface area contributed by atoms with Gasteiger partial charge in [0, 0.05) is 0 Å². The van der Waals surface area contributed by atoms with E-state index in [2.05, 4.69) is 5.32 Å². The largest absolute Gasteiger partial charge is 0.493 e. The Morgan fingerprint density at radius 2 is 1.92 bits per heavy atom. The molecule has 1 aromatic carbocycles. The number of benzene rings is 1. The fourth-order valence-electron chi connectivity index (χ4n) is 2.28. The van der Waals surface area contributed by atoms with Gasteiger partial charge < -0.3 is 24.3 Å². The van der Waals surface area contributed by atoms with Crippen molar-refractivity contribution in [2.75, 3.05) is 20.5 Å². The van der Waals surface area contributed by atoms with E-state index in [1.54, 1.807) is 30.3 Å². The number of nitrogens with one attached hydrogen (secondary N) is 1. The van der Waals surface area contributed by atoms with E-state index < -0.39 is 17.9 Å². The predicted molar refractivity (Wildman–Crippen MR) is 92.5 cm³/mol. The van der Waals surface area contributed by atoms with Crippen molar-refractivity contribution in [1.29, 1.82) is 0 Å². The summed E-state index contributed by atoms with van der Waals surface area (Å²) in [4.78, 5) is 23.5. The fourth-order valence-corrected chi connectivity index (χ4v) is 2.65. The van der Waals surface area contributed by atoms with Gasteiger partial charge in [-0.3, -0.25) is 9.59 Å². The van der Waals surface area contributed by atoms with E-state index >= 15 is 0 Å². The summed E-state index contributed by atoms with van der Waals surface area (Å²) in [5.74, 6) is -0.430. The number of hydrogen-bond donors (Lipinski definition) is 2. The van der Waals surface area contributed by atoms with Gasteiger partial charge in [-0.25, -0.2) is 0 Å². The van der Waals surface area contributed by atoms with Crippen LogP contribution in [0.4, 0.5) is 0 Å². The van der Waals surface area contributed by atoms with Crippen molar-refractivity contribution >= 4 is 23.6 Å². The molecule has 1 atom stereocenters. The molecule has 134 valence electrons. The molecular formula is C17H19NO6S. The second-order valence-electron chi connectivity index (χ2n) is 5.06. The third kappa shape index (κ3) is 4.69. The van der Waals surface area contributed by atoms with Gasteiger partial charge in [0.25, 0.3) is 5.91 Å². The predicted octanol–water partition coefficient (Wildman–Crippen LogP) is 2.96. The molecule has 1 heterocycles. The molecule has 2 rings (SSSR count). The number of thioether (sulfide) groups is 1. The van der Waals surface area contributed by atoms with Gasteiger partial charge in [0.1, 0.15) is 0 Å². The highest BCUT2D eigenvalue weighted by Crippen LogP contribution is 2.31. The minimum atomic E-state index is -1.04. The molecule has 0 saturated heterocycles. The number of ether oxygens (including phenoxy) is 2.